The van der Waals surface area contributed by atoms with Crippen LogP contribution >= 0.6 is 11.3 Å². The first-order valence-corrected chi connectivity index (χ1v) is 6.73. The first-order valence-electron chi connectivity index (χ1n) is 5.91. The van der Waals surface area contributed by atoms with E-state index in [9.17, 15) is 4.79 Å². The van der Waals surface area contributed by atoms with Crippen molar-refractivity contribution in [3.8, 4) is 0 Å². The van der Waals surface area contributed by atoms with Crippen molar-refractivity contribution in [3.05, 3.63) is 39.9 Å². The molecule has 5 heteroatoms. The lowest BCUT2D eigenvalue weighted by Crippen LogP contribution is -2.03. The van der Waals surface area contributed by atoms with Crippen LogP contribution in [-0.4, -0.2) is 18.1 Å². The summed E-state index contributed by atoms with van der Waals surface area (Å²) < 4.78 is 4.70. The number of esters is 1. The normalized spacial score (nSPS) is 10.3. The van der Waals surface area contributed by atoms with E-state index >= 15 is 0 Å². The summed E-state index contributed by atoms with van der Waals surface area (Å²) in [5, 5.41) is 3.94. The van der Waals surface area contributed by atoms with Crippen LogP contribution in [0.5, 0.6) is 0 Å². The molecule has 19 heavy (non-hydrogen) atoms. The third kappa shape index (κ3) is 2.93. The third-order valence-electron chi connectivity index (χ3n) is 2.80. The van der Waals surface area contributed by atoms with E-state index in [1.165, 1.54) is 24.0 Å². The highest BCUT2D eigenvalue weighted by molar-refractivity contribution is 7.15. The molecule has 0 saturated carbocycles. The molecule has 0 fully saturated rings. The number of methoxy groups -OCH3 is 1. The van der Waals surface area contributed by atoms with Gasteiger partial charge in [-0.15, -0.1) is 11.3 Å². The zero-order valence-corrected chi connectivity index (χ0v) is 12.2. The Kier molecular flexibility index (Phi) is 3.85. The van der Waals surface area contributed by atoms with Gasteiger partial charge in [0.15, 0.2) is 10.8 Å². The molecule has 2 rings (SSSR count). The lowest BCUT2D eigenvalue weighted by Gasteiger charge is -2.07. The van der Waals surface area contributed by atoms with Gasteiger partial charge >= 0.3 is 5.97 Å². The number of aromatic nitrogens is 1. The van der Waals surface area contributed by atoms with Crippen LogP contribution in [0.15, 0.2) is 18.2 Å². The van der Waals surface area contributed by atoms with Gasteiger partial charge in [-0.05, 0) is 32.4 Å². The van der Waals surface area contributed by atoms with Crippen LogP contribution in [-0.2, 0) is 4.74 Å². The lowest BCUT2D eigenvalue weighted by atomic mass is 10.1. The molecule has 0 radical (unpaired) electrons. The van der Waals surface area contributed by atoms with Crippen molar-refractivity contribution in [2.24, 2.45) is 0 Å². The van der Waals surface area contributed by atoms with Crippen molar-refractivity contribution in [2.45, 2.75) is 20.8 Å². The number of nitrogens with one attached hydrogen (secondary N) is 1. The first-order chi connectivity index (χ1) is 9.01. The Labute approximate surface area is 116 Å². The molecule has 0 aliphatic carbocycles. The van der Waals surface area contributed by atoms with Crippen molar-refractivity contribution < 1.29 is 9.53 Å². The summed E-state index contributed by atoms with van der Waals surface area (Å²) in [6.45, 7) is 5.95. The molecule has 0 bridgehead atoms. The predicted molar refractivity (Wildman–Crippen MR) is 77.4 cm³/mol. The fourth-order valence-corrected chi connectivity index (χ4v) is 2.62. The van der Waals surface area contributed by atoms with Gasteiger partial charge in [-0.2, -0.15) is 0 Å². The number of carbonyl (C=O) groups is 1. The number of hydrogen-bond acceptors (Lipinski definition) is 5. The van der Waals surface area contributed by atoms with Gasteiger partial charge in [-0.3, -0.25) is 0 Å². The summed E-state index contributed by atoms with van der Waals surface area (Å²) in [6, 6.07) is 6.15. The fourth-order valence-electron chi connectivity index (χ4n) is 1.81. The molecular weight excluding hydrogens is 260 g/mol. The zero-order chi connectivity index (χ0) is 14.0. The Morgan fingerprint density at radius 3 is 2.68 bits per heavy atom. The summed E-state index contributed by atoms with van der Waals surface area (Å²) in [4.78, 5) is 16.6. The molecule has 100 valence electrons. The number of ether oxygens (including phenoxy) is 1. The number of nitrogens with zero attached hydrogens (tertiary/aromatic N) is 1. The Hall–Kier alpha value is -1.88. The van der Waals surface area contributed by atoms with Crippen molar-refractivity contribution >= 4 is 28.1 Å². The summed E-state index contributed by atoms with van der Waals surface area (Å²) >= 11 is 1.44. The second-order valence-corrected chi connectivity index (χ2v) is 5.56. The van der Waals surface area contributed by atoms with E-state index in [1.54, 1.807) is 0 Å². The van der Waals surface area contributed by atoms with Crippen LogP contribution < -0.4 is 5.32 Å². The van der Waals surface area contributed by atoms with Crippen LogP contribution in [0.25, 0.3) is 0 Å². The third-order valence-corrected chi connectivity index (χ3v) is 3.69. The molecule has 4 nitrogen and oxygen atoms in total. The Morgan fingerprint density at radius 1 is 1.32 bits per heavy atom. The molecule has 0 amide bonds. The summed E-state index contributed by atoms with van der Waals surface area (Å²) in [5.74, 6) is -0.401. The fraction of sp³-hybridized carbons (Fsp3) is 0.286. The molecular formula is C14H16N2O2S. The number of carbonyl (C=O) groups excluding carboxylic acids is 1. The molecule has 1 aromatic carbocycles. The van der Waals surface area contributed by atoms with Crippen LogP contribution in [0.4, 0.5) is 10.8 Å². The highest BCUT2D eigenvalue weighted by atomic mass is 32.1. The quantitative estimate of drug-likeness (QED) is 0.870. The van der Waals surface area contributed by atoms with Gasteiger partial charge in [-0.25, -0.2) is 9.78 Å². The monoisotopic (exact) mass is 276 g/mol. The maximum atomic E-state index is 11.5. The molecule has 0 saturated heterocycles. The van der Waals surface area contributed by atoms with E-state index in [-0.39, 0.29) is 0 Å². The smallest absolute Gasteiger partial charge is 0.357 e. The molecule has 0 spiro atoms. The molecule has 0 atom stereocenters. The first kappa shape index (κ1) is 13.5. The standard InChI is InChI=1S/C14H16N2O2S/c1-8-5-6-11(9(2)7-8)15-14-16-12(10(3)19-14)13(17)18-4/h5-7H,1-4H3,(H,15,16). The molecule has 0 aliphatic rings. The minimum absolute atomic E-state index is 0.375. The summed E-state index contributed by atoms with van der Waals surface area (Å²) in [6.07, 6.45) is 0. The number of hydrogen-bond donors (Lipinski definition) is 1. The van der Waals surface area contributed by atoms with E-state index < -0.39 is 5.97 Å². The second kappa shape index (κ2) is 5.40. The van der Waals surface area contributed by atoms with Crippen LogP contribution in [0.2, 0.25) is 0 Å². The van der Waals surface area contributed by atoms with Crippen LogP contribution in [0.1, 0.15) is 26.5 Å². The van der Waals surface area contributed by atoms with Crippen molar-refractivity contribution in [1.82, 2.24) is 4.98 Å². The van der Waals surface area contributed by atoms with E-state index in [0.717, 1.165) is 16.1 Å². The number of anilines is 2. The van der Waals surface area contributed by atoms with E-state index in [0.29, 0.717) is 10.8 Å². The molecule has 1 heterocycles. The minimum atomic E-state index is -0.401. The van der Waals surface area contributed by atoms with Crippen molar-refractivity contribution in [3.63, 3.8) is 0 Å². The average Bonchev–Trinajstić information content (AvgIpc) is 2.73. The minimum Gasteiger partial charge on any atom is -0.464 e. The lowest BCUT2D eigenvalue weighted by molar-refractivity contribution is 0.0594. The molecule has 2 aromatic rings. The van der Waals surface area contributed by atoms with Crippen LogP contribution in [0.3, 0.4) is 0 Å². The second-order valence-electron chi connectivity index (χ2n) is 4.36. The van der Waals surface area contributed by atoms with Crippen LogP contribution in [0, 0.1) is 20.8 Å². The van der Waals surface area contributed by atoms with E-state index in [2.05, 4.69) is 23.3 Å². The summed E-state index contributed by atoms with van der Waals surface area (Å²) in [7, 11) is 1.36. The Balaban J connectivity index is 2.26. The highest BCUT2D eigenvalue weighted by Crippen LogP contribution is 2.27. The van der Waals surface area contributed by atoms with Crippen molar-refractivity contribution in [2.75, 3.05) is 12.4 Å². The molecule has 1 aromatic heterocycles. The average molecular weight is 276 g/mol. The Bertz CT molecular complexity index is 620. The van der Waals surface area contributed by atoms with Gasteiger partial charge in [0.05, 0.1) is 7.11 Å². The Morgan fingerprint density at radius 2 is 2.05 bits per heavy atom. The van der Waals surface area contributed by atoms with Gasteiger partial charge in [0, 0.05) is 10.6 Å². The molecule has 0 unspecified atom stereocenters. The van der Waals surface area contributed by atoms with Gasteiger partial charge in [0.2, 0.25) is 0 Å². The summed E-state index contributed by atoms with van der Waals surface area (Å²) in [5.41, 5.74) is 3.73. The molecule has 1 N–H and O–H groups in total. The zero-order valence-electron chi connectivity index (χ0n) is 11.4. The maximum Gasteiger partial charge on any atom is 0.357 e. The number of rotatable bonds is 3. The number of thiazole rings is 1. The highest BCUT2D eigenvalue weighted by Gasteiger charge is 2.16. The van der Waals surface area contributed by atoms with Crippen molar-refractivity contribution in [1.29, 1.82) is 0 Å². The molecule has 0 aliphatic heterocycles. The van der Waals surface area contributed by atoms with Gasteiger partial charge in [0.25, 0.3) is 0 Å². The number of benzene rings is 1. The topological polar surface area (TPSA) is 51.2 Å². The van der Waals surface area contributed by atoms with E-state index in [1.807, 2.05) is 26.0 Å². The number of aryl methyl sites for hydroxylation is 3. The SMILES string of the molecule is COC(=O)c1nc(Nc2ccc(C)cc2C)sc1C. The van der Waals surface area contributed by atoms with Gasteiger partial charge in [0.1, 0.15) is 0 Å². The maximum absolute atomic E-state index is 11.5. The van der Waals surface area contributed by atoms with Gasteiger partial charge in [-0.1, -0.05) is 17.7 Å². The largest absolute Gasteiger partial charge is 0.464 e. The predicted octanol–water partition coefficient (Wildman–Crippen LogP) is 3.60. The van der Waals surface area contributed by atoms with Gasteiger partial charge < -0.3 is 10.1 Å². The van der Waals surface area contributed by atoms with E-state index in [4.69, 9.17) is 4.74 Å².